The maximum Gasteiger partial charge on any atom is 0.161 e. The highest BCUT2D eigenvalue weighted by Crippen LogP contribution is 2.27. The number of ether oxygens (including phenoxy) is 2. The van der Waals surface area contributed by atoms with Crippen LogP contribution in [0.2, 0.25) is 0 Å². The lowest BCUT2D eigenvalue weighted by Crippen LogP contribution is -1.83. The van der Waals surface area contributed by atoms with Gasteiger partial charge in [-0.1, -0.05) is 0 Å². The van der Waals surface area contributed by atoms with Gasteiger partial charge in [-0.15, -0.1) is 0 Å². The van der Waals surface area contributed by atoms with Crippen molar-refractivity contribution in [3.8, 4) is 22.8 Å². The largest absolute Gasteiger partial charge is 0.497 e. The van der Waals surface area contributed by atoms with Gasteiger partial charge in [-0.05, 0) is 36.4 Å². The zero-order valence-corrected chi connectivity index (χ0v) is 12.3. The van der Waals surface area contributed by atoms with Crippen molar-refractivity contribution in [3.05, 3.63) is 48.7 Å². The van der Waals surface area contributed by atoms with Gasteiger partial charge < -0.3 is 9.47 Å². The third-order valence-corrected chi connectivity index (χ3v) is 3.80. The molecule has 22 heavy (non-hydrogen) atoms. The van der Waals surface area contributed by atoms with Gasteiger partial charge in [-0.25, -0.2) is 9.50 Å². The summed E-state index contributed by atoms with van der Waals surface area (Å²) in [5, 5.41) is 4.38. The molecule has 0 aliphatic carbocycles. The molecule has 0 amide bonds. The maximum absolute atomic E-state index is 5.25. The van der Waals surface area contributed by atoms with Gasteiger partial charge in [-0.2, -0.15) is 0 Å². The van der Waals surface area contributed by atoms with Crippen LogP contribution in [0.25, 0.3) is 27.8 Å². The van der Waals surface area contributed by atoms with Gasteiger partial charge in [0.25, 0.3) is 0 Å². The number of H-pyrrole nitrogens is 1. The van der Waals surface area contributed by atoms with Crippen LogP contribution in [-0.2, 0) is 0 Å². The lowest BCUT2D eigenvalue weighted by molar-refractivity contribution is 0.415. The van der Waals surface area contributed by atoms with Gasteiger partial charge in [0.1, 0.15) is 11.5 Å². The molecule has 0 saturated heterocycles. The predicted octanol–water partition coefficient (Wildman–Crippen LogP) is 3.50. The Morgan fingerprint density at radius 2 is 1.68 bits per heavy atom. The van der Waals surface area contributed by atoms with E-state index in [-0.39, 0.29) is 0 Å². The van der Waals surface area contributed by atoms with Gasteiger partial charge in [0.15, 0.2) is 5.65 Å². The van der Waals surface area contributed by atoms with Crippen molar-refractivity contribution in [2.75, 3.05) is 14.2 Å². The van der Waals surface area contributed by atoms with Crippen molar-refractivity contribution >= 4 is 16.6 Å². The first kappa shape index (κ1) is 12.8. The molecule has 0 bridgehead atoms. The van der Waals surface area contributed by atoms with E-state index in [9.17, 15) is 0 Å². The second-order valence-corrected chi connectivity index (χ2v) is 5.07. The summed E-state index contributed by atoms with van der Waals surface area (Å²) in [5.41, 5.74) is 3.89. The molecule has 0 fully saturated rings. The van der Waals surface area contributed by atoms with E-state index in [1.807, 2.05) is 53.2 Å². The average Bonchev–Trinajstić information content (AvgIpc) is 3.11. The Labute approximate surface area is 127 Å². The molecule has 4 rings (SSSR count). The van der Waals surface area contributed by atoms with Crippen molar-refractivity contribution in [2.24, 2.45) is 0 Å². The lowest BCUT2D eigenvalue weighted by atomic mass is 10.2. The first-order valence-electron chi connectivity index (χ1n) is 6.98. The summed E-state index contributed by atoms with van der Waals surface area (Å²) in [7, 11) is 3.33. The van der Waals surface area contributed by atoms with E-state index in [1.54, 1.807) is 14.2 Å². The molecule has 0 unspecified atom stereocenters. The molecule has 0 aliphatic heterocycles. The Kier molecular flexibility index (Phi) is 2.79. The molecule has 1 N–H and O–H groups in total. The van der Waals surface area contributed by atoms with Crippen LogP contribution >= 0.6 is 0 Å². The molecule has 4 aromatic rings. The molecule has 0 atom stereocenters. The second kappa shape index (κ2) is 4.80. The molecular formula is C17H15N3O2. The SMILES string of the molecule is COc1ccc(-c2cn3[nH]c4cc(OC)ccc4c3n2)cc1. The third kappa shape index (κ3) is 1.90. The molecule has 0 radical (unpaired) electrons. The molecule has 2 heterocycles. The molecule has 2 aromatic carbocycles. The number of rotatable bonds is 3. The normalized spacial score (nSPS) is 11.2. The van der Waals surface area contributed by atoms with Gasteiger partial charge in [-0.3, -0.25) is 5.10 Å². The summed E-state index contributed by atoms with van der Waals surface area (Å²) < 4.78 is 12.4. The smallest absolute Gasteiger partial charge is 0.161 e. The third-order valence-electron chi connectivity index (χ3n) is 3.80. The number of nitrogens with zero attached hydrogens (tertiary/aromatic N) is 2. The van der Waals surface area contributed by atoms with Gasteiger partial charge in [0.05, 0.1) is 31.6 Å². The van der Waals surface area contributed by atoms with Crippen LogP contribution in [0.15, 0.2) is 48.7 Å². The fourth-order valence-electron chi connectivity index (χ4n) is 2.62. The number of nitrogens with one attached hydrogen (secondary N) is 1. The molecule has 5 heteroatoms. The Hall–Kier alpha value is -2.95. The molecule has 110 valence electrons. The van der Waals surface area contributed by atoms with Crippen LogP contribution in [0.3, 0.4) is 0 Å². The number of methoxy groups -OCH3 is 2. The van der Waals surface area contributed by atoms with Crippen LogP contribution < -0.4 is 9.47 Å². The first-order chi connectivity index (χ1) is 10.8. The van der Waals surface area contributed by atoms with E-state index < -0.39 is 0 Å². The molecule has 0 aliphatic rings. The summed E-state index contributed by atoms with van der Waals surface area (Å²) in [6.45, 7) is 0. The highest BCUT2D eigenvalue weighted by molar-refractivity contribution is 5.93. The maximum atomic E-state index is 5.25. The number of aromatic amines is 1. The number of fused-ring (bicyclic) bond motifs is 3. The summed E-state index contributed by atoms with van der Waals surface area (Å²) in [5.74, 6) is 1.67. The molecule has 5 nitrogen and oxygen atoms in total. The van der Waals surface area contributed by atoms with E-state index in [4.69, 9.17) is 14.5 Å². The van der Waals surface area contributed by atoms with Crippen LogP contribution in [0.5, 0.6) is 11.5 Å². The van der Waals surface area contributed by atoms with Crippen molar-refractivity contribution in [1.29, 1.82) is 0 Å². The Morgan fingerprint density at radius 3 is 2.41 bits per heavy atom. The van der Waals surface area contributed by atoms with Gasteiger partial charge >= 0.3 is 0 Å². The van der Waals surface area contributed by atoms with Gasteiger partial charge in [0.2, 0.25) is 0 Å². The first-order valence-corrected chi connectivity index (χ1v) is 6.98. The summed E-state index contributed by atoms with van der Waals surface area (Å²) in [6, 6.07) is 13.8. The average molecular weight is 293 g/mol. The zero-order chi connectivity index (χ0) is 15.1. The van der Waals surface area contributed by atoms with Crippen LogP contribution in [0.4, 0.5) is 0 Å². The van der Waals surface area contributed by atoms with Crippen LogP contribution in [0.1, 0.15) is 0 Å². The molecule has 0 spiro atoms. The van der Waals surface area contributed by atoms with Crippen molar-refractivity contribution in [3.63, 3.8) is 0 Å². The fourth-order valence-corrected chi connectivity index (χ4v) is 2.62. The minimum Gasteiger partial charge on any atom is -0.497 e. The Bertz CT molecular complexity index is 951. The summed E-state index contributed by atoms with van der Waals surface area (Å²) in [6.07, 6.45) is 1.99. The highest BCUT2D eigenvalue weighted by atomic mass is 16.5. The zero-order valence-electron chi connectivity index (χ0n) is 12.3. The van der Waals surface area contributed by atoms with Crippen LogP contribution in [-0.4, -0.2) is 28.8 Å². The number of hydrogen-bond acceptors (Lipinski definition) is 3. The van der Waals surface area contributed by atoms with E-state index in [0.717, 1.165) is 39.3 Å². The number of imidazole rings is 1. The number of aromatic nitrogens is 3. The predicted molar refractivity (Wildman–Crippen MR) is 85.6 cm³/mol. The van der Waals surface area contributed by atoms with E-state index in [0.29, 0.717) is 0 Å². The molecule has 2 aromatic heterocycles. The topological polar surface area (TPSA) is 51.5 Å². The lowest BCUT2D eigenvalue weighted by Gasteiger charge is -2.00. The molecule has 0 saturated carbocycles. The summed E-state index contributed by atoms with van der Waals surface area (Å²) >= 11 is 0. The minimum atomic E-state index is 0.826. The standard InChI is InChI=1S/C17H15N3O2/c1-21-12-5-3-11(4-6-12)16-10-20-17(18-16)14-8-7-13(22-2)9-15(14)19-20/h3-10,19H,1-2H3. The number of benzene rings is 2. The van der Waals surface area contributed by atoms with E-state index >= 15 is 0 Å². The van der Waals surface area contributed by atoms with Gasteiger partial charge in [0, 0.05) is 17.0 Å². The van der Waals surface area contributed by atoms with E-state index in [1.165, 1.54) is 0 Å². The van der Waals surface area contributed by atoms with Crippen molar-refractivity contribution < 1.29 is 9.47 Å². The van der Waals surface area contributed by atoms with Crippen LogP contribution in [0, 0.1) is 0 Å². The quantitative estimate of drug-likeness (QED) is 0.629. The Morgan fingerprint density at radius 1 is 0.955 bits per heavy atom. The van der Waals surface area contributed by atoms with Crippen molar-refractivity contribution in [2.45, 2.75) is 0 Å². The van der Waals surface area contributed by atoms with Crippen molar-refractivity contribution in [1.82, 2.24) is 14.6 Å². The fraction of sp³-hybridized carbons (Fsp3) is 0.118. The van der Waals surface area contributed by atoms with E-state index in [2.05, 4.69) is 5.10 Å². The molecular weight excluding hydrogens is 278 g/mol. The Balaban J connectivity index is 1.83. The second-order valence-electron chi connectivity index (χ2n) is 5.07. The minimum absolute atomic E-state index is 0.826. The number of hydrogen-bond donors (Lipinski definition) is 1. The highest BCUT2D eigenvalue weighted by Gasteiger charge is 2.10. The summed E-state index contributed by atoms with van der Waals surface area (Å²) in [4.78, 5) is 4.73. The monoisotopic (exact) mass is 293 g/mol.